The molecule has 8 heteroatoms. The van der Waals surface area contributed by atoms with Crippen molar-refractivity contribution in [1.82, 2.24) is 25.5 Å². The summed E-state index contributed by atoms with van der Waals surface area (Å²) >= 11 is 0. The Hall–Kier alpha value is -1.93. The number of urea groups is 1. The zero-order valence-electron chi connectivity index (χ0n) is 13.6. The fraction of sp³-hybridized carbons (Fsp3) is 0.667. The van der Waals surface area contributed by atoms with E-state index in [4.69, 9.17) is 5.11 Å². The van der Waals surface area contributed by atoms with Crippen LogP contribution in [-0.4, -0.2) is 77.9 Å². The smallest absolute Gasteiger partial charge is 0.314 e. The van der Waals surface area contributed by atoms with Crippen LogP contribution < -0.4 is 15.5 Å². The van der Waals surface area contributed by atoms with Crippen LogP contribution >= 0.6 is 0 Å². The highest BCUT2D eigenvalue weighted by Crippen LogP contribution is 2.09. The molecule has 0 saturated carbocycles. The molecule has 1 aliphatic rings. The van der Waals surface area contributed by atoms with Crippen LogP contribution in [0.2, 0.25) is 0 Å². The Balaban J connectivity index is 1.56. The van der Waals surface area contributed by atoms with Gasteiger partial charge in [-0.1, -0.05) is 0 Å². The van der Waals surface area contributed by atoms with E-state index in [0.717, 1.165) is 45.1 Å². The third-order valence-corrected chi connectivity index (χ3v) is 3.70. The first-order chi connectivity index (χ1) is 11.1. The van der Waals surface area contributed by atoms with E-state index in [1.165, 1.54) is 0 Å². The van der Waals surface area contributed by atoms with Crippen LogP contribution in [0.4, 0.5) is 10.7 Å². The van der Waals surface area contributed by atoms with Crippen molar-refractivity contribution in [3.05, 3.63) is 18.5 Å². The minimum Gasteiger partial charge on any atom is -0.392 e. The summed E-state index contributed by atoms with van der Waals surface area (Å²) in [4.78, 5) is 24.6. The molecule has 0 spiro atoms. The van der Waals surface area contributed by atoms with Crippen molar-refractivity contribution in [1.29, 1.82) is 0 Å². The van der Waals surface area contributed by atoms with Crippen LogP contribution in [0.3, 0.4) is 0 Å². The van der Waals surface area contributed by atoms with Crippen molar-refractivity contribution in [2.75, 3.05) is 50.7 Å². The quantitative estimate of drug-likeness (QED) is 0.595. The number of aliphatic hydroxyl groups is 1. The van der Waals surface area contributed by atoms with Crippen molar-refractivity contribution in [3.8, 4) is 0 Å². The van der Waals surface area contributed by atoms with Gasteiger partial charge >= 0.3 is 6.03 Å². The molecule has 1 aromatic heterocycles. The van der Waals surface area contributed by atoms with Gasteiger partial charge in [-0.3, -0.25) is 4.90 Å². The zero-order chi connectivity index (χ0) is 16.5. The van der Waals surface area contributed by atoms with E-state index in [2.05, 4.69) is 30.4 Å². The topological polar surface area (TPSA) is 93.6 Å². The van der Waals surface area contributed by atoms with Gasteiger partial charge in [0.15, 0.2) is 0 Å². The van der Waals surface area contributed by atoms with E-state index >= 15 is 0 Å². The lowest BCUT2D eigenvalue weighted by Gasteiger charge is -2.34. The number of nitrogens with one attached hydrogen (secondary N) is 2. The Morgan fingerprint density at radius 2 is 1.96 bits per heavy atom. The van der Waals surface area contributed by atoms with Gasteiger partial charge in [-0.25, -0.2) is 14.8 Å². The van der Waals surface area contributed by atoms with Crippen LogP contribution in [0.25, 0.3) is 0 Å². The molecule has 8 nitrogen and oxygen atoms in total. The molecule has 0 aliphatic carbocycles. The molecular weight excluding hydrogens is 296 g/mol. The molecule has 1 atom stereocenters. The van der Waals surface area contributed by atoms with E-state index in [1.54, 1.807) is 19.3 Å². The summed E-state index contributed by atoms with van der Waals surface area (Å²) in [6.45, 7) is 7.31. The van der Waals surface area contributed by atoms with E-state index < -0.39 is 6.10 Å². The number of carbonyl (C=O) groups excluding carboxylic acids is 1. The monoisotopic (exact) mass is 322 g/mol. The molecule has 2 heterocycles. The van der Waals surface area contributed by atoms with Crippen LogP contribution in [0.1, 0.15) is 13.3 Å². The normalized spacial score (nSPS) is 16.9. The lowest BCUT2D eigenvalue weighted by atomic mass is 10.3. The SMILES string of the molecule is CC(O)CNC(=O)NCCCN1CCN(c2ncccn2)CC1. The summed E-state index contributed by atoms with van der Waals surface area (Å²) in [5.74, 6) is 0.795. The van der Waals surface area contributed by atoms with Crippen LogP contribution in [-0.2, 0) is 0 Å². The molecule has 0 radical (unpaired) electrons. The van der Waals surface area contributed by atoms with E-state index in [-0.39, 0.29) is 12.6 Å². The Morgan fingerprint density at radius 1 is 1.26 bits per heavy atom. The summed E-state index contributed by atoms with van der Waals surface area (Å²) in [5, 5.41) is 14.5. The summed E-state index contributed by atoms with van der Waals surface area (Å²) in [6.07, 6.45) is 3.92. The third kappa shape index (κ3) is 6.37. The number of aromatic nitrogens is 2. The fourth-order valence-electron chi connectivity index (χ4n) is 2.43. The van der Waals surface area contributed by atoms with Crippen molar-refractivity contribution in [3.63, 3.8) is 0 Å². The zero-order valence-corrected chi connectivity index (χ0v) is 13.6. The maximum atomic E-state index is 11.4. The molecule has 23 heavy (non-hydrogen) atoms. The first-order valence-electron chi connectivity index (χ1n) is 8.09. The molecule has 1 aliphatic heterocycles. The van der Waals surface area contributed by atoms with Crippen LogP contribution in [0.5, 0.6) is 0 Å². The van der Waals surface area contributed by atoms with Crippen LogP contribution in [0, 0.1) is 0 Å². The molecular formula is C15H26N6O2. The predicted octanol–water partition coefficient (Wildman–Crippen LogP) is -0.331. The van der Waals surface area contributed by atoms with Gasteiger partial charge in [-0.15, -0.1) is 0 Å². The van der Waals surface area contributed by atoms with Gasteiger partial charge in [-0.05, 0) is 26.0 Å². The van der Waals surface area contributed by atoms with Gasteiger partial charge in [0.1, 0.15) is 0 Å². The summed E-state index contributed by atoms with van der Waals surface area (Å²) in [7, 11) is 0. The molecule has 0 aromatic carbocycles. The molecule has 1 unspecified atom stereocenters. The first-order valence-corrected chi connectivity index (χ1v) is 8.09. The molecule has 128 valence electrons. The predicted molar refractivity (Wildman–Crippen MR) is 88.4 cm³/mol. The highest BCUT2D eigenvalue weighted by Gasteiger charge is 2.18. The third-order valence-electron chi connectivity index (χ3n) is 3.70. The van der Waals surface area contributed by atoms with E-state index in [0.29, 0.717) is 6.54 Å². The second-order valence-electron chi connectivity index (χ2n) is 5.72. The number of hydrogen-bond acceptors (Lipinski definition) is 6. The molecule has 1 aromatic rings. The number of amides is 2. The Morgan fingerprint density at radius 3 is 2.61 bits per heavy atom. The number of aliphatic hydroxyl groups excluding tert-OH is 1. The maximum absolute atomic E-state index is 11.4. The number of rotatable bonds is 7. The van der Waals surface area contributed by atoms with Gasteiger partial charge in [0.25, 0.3) is 0 Å². The first kappa shape index (κ1) is 17.4. The fourth-order valence-corrected chi connectivity index (χ4v) is 2.43. The molecule has 1 saturated heterocycles. The summed E-state index contributed by atoms with van der Waals surface area (Å²) in [6, 6.07) is 1.60. The van der Waals surface area contributed by atoms with Crippen molar-refractivity contribution < 1.29 is 9.90 Å². The van der Waals surface area contributed by atoms with Gasteiger partial charge in [-0.2, -0.15) is 0 Å². The largest absolute Gasteiger partial charge is 0.392 e. The minimum atomic E-state index is -0.523. The molecule has 0 bridgehead atoms. The number of piperazine rings is 1. The van der Waals surface area contributed by atoms with E-state index in [9.17, 15) is 4.79 Å². The van der Waals surface area contributed by atoms with Crippen molar-refractivity contribution in [2.45, 2.75) is 19.4 Å². The van der Waals surface area contributed by atoms with Crippen LogP contribution in [0.15, 0.2) is 18.5 Å². The maximum Gasteiger partial charge on any atom is 0.314 e. The van der Waals surface area contributed by atoms with Gasteiger partial charge < -0.3 is 20.6 Å². The average molecular weight is 322 g/mol. The minimum absolute atomic E-state index is 0.225. The van der Waals surface area contributed by atoms with Gasteiger partial charge in [0, 0.05) is 51.7 Å². The van der Waals surface area contributed by atoms with Crippen molar-refractivity contribution >= 4 is 12.0 Å². The summed E-state index contributed by atoms with van der Waals surface area (Å²) < 4.78 is 0. The standard InChI is InChI=1S/C15H26N6O2/c1-13(22)12-19-15(23)18-6-3-7-20-8-10-21(11-9-20)14-16-4-2-5-17-14/h2,4-5,13,22H,3,6-12H2,1H3,(H2,18,19,23). The van der Waals surface area contributed by atoms with Gasteiger partial charge in [0.2, 0.25) is 5.95 Å². The Labute approximate surface area is 136 Å². The average Bonchev–Trinajstić information content (AvgIpc) is 2.58. The Bertz CT molecular complexity index is 462. The lowest BCUT2D eigenvalue weighted by molar-refractivity contribution is 0.187. The van der Waals surface area contributed by atoms with Gasteiger partial charge in [0.05, 0.1) is 6.10 Å². The highest BCUT2D eigenvalue weighted by atomic mass is 16.3. The van der Waals surface area contributed by atoms with Crippen molar-refractivity contribution in [2.24, 2.45) is 0 Å². The number of hydrogen-bond donors (Lipinski definition) is 3. The molecule has 2 rings (SSSR count). The summed E-state index contributed by atoms with van der Waals surface area (Å²) in [5.41, 5.74) is 0. The number of nitrogens with zero attached hydrogens (tertiary/aromatic N) is 4. The molecule has 2 amide bonds. The van der Waals surface area contributed by atoms with E-state index in [1.807, 2.05) is 6.07 Å². The Kier molecular flexibility index (Phi) is 7.02. The lowest BCUT2D eigenvalue weighted by Crippen LogP contribution is -2.47. The highest BCUT2D eigenvalue weighted by molar-refractivity contribution is 5.73. The second-order valence-corrected chi connectivity index (χ2v) is 5.72. The molecule has 1 fully saturated rings. The molecule has 3 N–H and O–H groups in total. The second kappa shape index (κ2) is 9.26. The number of carbonyl (C=O) groups is 1. The number of anilines is 1.